The van der Waals surface area contributed by atoms with E-state index in [4.69, 9.17) is 17.0 Å². The zero-order valence-electron chi connectivity index (χ0n) is 15.5. The van der Waals surface area contributed by atoms with E-state index >= 15 is 0 Å². The number of aromatic hydroxyl groups is 1. The summed E-state index contributed by atoms with van der Waals surface area (Å²) in [6, 6.07) is 16.9. The lowest BCUT2D eigenvalue weighted by atomic mass is 10.0. The third kappa shape index (κ3) is 3.34. The minimum absolute atomic E-state index is 0.149. The summed E-state index contributed by atoms with van der Waals surface area (Å²) < 4.78 is 7.43. The molecule has 28 heavy (non-hydrogen) atoms. The molecule has 144 valence electrons. The number of aromatic nitrogens is 2. The molecule has 2 atom stereocenters. The Bertz CT molecular complexity index is 960. The van der Waals surface area contributed by atoms with Gasteiger partial charge in [-0.25, -0.2) is 0 Å². The van der Waals surface area contributed by atoms with Crippen LogP contribution in [0.5, 0.6) is 5.75 Å². The largest absolute Gasteiger partial charge is 0.506 e. The van der Waals surface area contributed by atoms with E-state index in [1.165, 1.54) is 0 Å². The molecule has 1 saturated heterocycles. The number of hydrogen-bond acceptors (Lipinski definition) is 4. The maximum absolute atomic E-state index is 10.5. The van der Waals surface area contributed by atoms with Crippen LogP contribution in [0.3, 0.4) is 0 Å². The summed E-state index contributed by atoms with van der Waals surface area (Å²) in [4.78, 5) is 6.53. The van der Waals surface area contributed by atoms with Gasteiger partial charge in [-0.1, -0.05) is 18.2 Å². The number of nitrogens with zero attached hydrogens (tertiary/aromatic N) is 3. The van der Waals surface area contributed by atoms with Crippen LogP contribution in [0.1, 0.15) is 23.5 Å². The summed E-state index contributed by atoms with van der Waals surface area (Å²) in [7, 11) is 1.69. The van der Waals surface area contributed by atoms with Gasteiger partial charge in [0.2, 0.25) is 0 Å². The lowest BCUT2D eigenvalue weighted by molar-refractivity contribution is 0.186. The Labute approximate surface area is 169 Å². The summed E-state index contributed by atoms with van der Waals surface area (Å²) >= 11 is 5.68. The van der Waals surface area contributed by atoms with Gasteiger partial charge in [-0.05, 0) is 48.6 Å². The van der Waals surface area contributed by atoms with Crippen molar-refractivity contribution < 1.29 is 9.84 Å². The zero-order chi connectivity index (χ0) is 19.5. The van der Waals surface area contributed by atoms with Gasteiger partial charge >= 0.3 is 0 Å². The van der Waals surface area contributed by atoms with E-state index in [0.717, 1.165) is 17.9 Å². The van der Waals surface area contributed by atoms with Gasteiger partial charge in [-0.3, -0.25) is 4.98 Å². The molecular formula is C21H22N4O2S. The van der Waals surface area contributed by atoms with Crippen molar-refractivity contribution in [2.75, 3.05) is 18.6 Å². The topological polar surface area (TPSA) is 62.5 Å². The second kappa shape index (κ2) is 8.00. The van der Waals surface area contributed by atoms with E-state index in [2.05, 4.69) is 20.9 Å². The van der Waals surface area contributed by atoms with Crippen LogP contribution in [0, 0.1) is 0 Å². The van der Waals surface area contributed by atoms with Gasteiger partial charge < -0.3 is 24.6 Å². The molecule has 6 nitrogen and oxygen atoms in total. The number of hydrogen-bond donors (Lipinski definition) is 2. The predicted molar refractivity (Wildman–Crippen MR) is 112 cm³/mol. The number of para-hydroxylation sites is 2. The van der Waals surface area contributed by atoms with E-state index < -0.39 is 0 Å². The van der Waals surface area contributed by atoms with Crippen molar-refractivity contribution in [2.24, 2.45) is 0 Å². The van der Waals surface area contributed by atoms with Crippen LogP contribution in [0.4, 0.5) is 5.69 Å². The summed E-state index contributed by atoms with van der Waals surface area (Å²) in [6.45, 7) is 1.34. The highest BCUT2D eigenvalue weighted by molar-refractivity contribution is 7.80. The molecule has 0 spiro atoms. The van der Waals surface area contributed by atoms with Crippen molar-refractivity contribution in [1.82, 2.24) is 14.9 Å². The van der Waals surface area contributed by atoms with Gasteiger partial charge in [0.25, 0.3) is 0 Å². The quantitative estimate of drug-likeness (QED) is 0.625. The Balaban J connectivity index is 1.83. The van der Waals surface area contributed by atoms with Crippen LogP contribution in [0.25, 0.3) is 0 Å². The SMILES string of the molecule is COCCn1cccc1[C@H]1[C@@H](c2ccccn2)NC(=S)N1c1ccccc1O. The summed E-state index contributed by atoms with van der Waals surface area (Å²) in [5.41, 5.74) is 2.64. The van der Waals surface area contributed by atoms with E-state index in [1.54, 1.807) is 25.4 Å². The third-order valence-electron chi connectivity index (χ3n) is 4.94. The molecule has 2 N–H and O–H groups in total. The summed E-state index contributed by atoms with van der Waals surface area (Å²) in [5.74, 6) is 0.188. The first-order chi connectivity index (χ1) is 13.7. The minimum atomic E-state index is -0.164. The second-order valence-corrected chi connectivity index (χ2v) is 6.99. The molecule has 0 bridgehead atoms. The fourth-order valence-corrected chi connectivity index (χ4v) is 4.01. The number of anilines is 1. The van der Waals surface area contributed by atoms with Crippen LogP contribution in [-0.4, -0.2) is 33.5 Å². The van der Waals surface area contributed by atoms with Crippen LogP contribution in [0.15, 0.2) is 67.0 Å². The smallest absolute Gasteiger partial charge is 0.174 e. The van der Waals surface area contributed by atoms with Crippen molar-refractivity contribution in [2.45, 2.75) is 18.6 Å². The Kier molecular flexibility index (Phi) is 5.27. The number of thiocarbonyl (C=S) groups is 1. The Morgan fingerprint density at radius 3 is 2.71 bits per heavy atom. The van der Waals surface area contributed by atoms with Crippen molar-refractivity contribution in [3.05, 3.63) is 78.4 Å². The molecule has 1 aliphatic heterocycles. The number of rotatable bonds is 6. The van der Waals surface area contributed by atoms with Crippen molar-refractivity contribution in [3.8, 4) is 5.75 Å². The first-order valence-electron chi connectivity index (χ1n) is 9.13. The van der Waals surface area contributed by atoms with Gasteiger partial charge in [0.1, 0.15) is 11.8 Å². The molecule has 4 rings (SSSR count). The number of nitrogens with one attached hydrogen (secondary N) is 1. The minimum Gasteiger partial charge on any atom is -0.506 e. The molecule has 1 aromatic carbocycles. The molecule has 0 radical (unpaired) electrons. The van der Waals surface area contributed by atoms with Crippen molar-refractivity contribution in [1.29, 1.82) is 0 Å². The third-order valence-corrected chi connectivity index (χ3v) is 5.26. The van der Waals surface area contributed by atoms with Gasteiger partial charge in [-0.15, -0.1) is 0 Å². The van der Waals surface area contributed by atoms with Crippen LogP contribution >= 0.6 is 12.2 Å². The van der Waals surface area contributed by atoms with Gasteiger partial charge in [0.05, 0.1) is 24.0 Å². The molecule has 3 heterocycles. The van der Waals surface area contributed by atoms with Gasteiger partial charge in [-0.2, -0.15) is 0 Å². The first kappa shape index (κ1) is 18.5. The summed E-state index contributed by atoms with van der Waals surface area (Å²) in [5, 5.41) is 14.5. The molecule has 0 unspecified atom stereocenters. The summed E-state index contributed by atoms with van der Waals surface area (Å²) in [6.07, 6.45) is 3.82. The average molecular weight is 395 g/mol. The Morgan fingerprint density at radius 1 is 1.14 bits per heavy atom. The Hall–Kier alpha value is -2.90. The normalized spacial score (nSPS) is 19.0. The number of phenolic OH excluding ortho intramolecular Hbond substituents is 1. The standard InChI is InChI=1S/C21H22N4O2S/c1-27-14-13-24-12-6-9-17(24)20-19(15-7-4-5-11-22-15)23-21(28)25(20)16-8-2-3-10-18(16)26/h2-12,19-20,26H,13-14H2,1H3,(H,23,28)/t19-,20+/m1/s1. The number of phenols is 1. The molecule has 3 aromatic rings. The number of pyridine rings is 1. The van der Waals surface area contributed by atoms with E-state index in [-0.39, 0.29) is 17.8 Å². The molecule has 0 aliphatic carbocycles. The maximum Gasteiger partial charge on any atom is 0.174 e. The lowest BCUT2D eigenvalue weighted by Crippen LogP contribution is -2.30. The fourth-order valence-electron chi connectivity index (χ4n) is 3.67. The molecule has 1 aliphatic rings. The van der Waals surface area contributed by atoms with Crippen molar-refractivity contribution >= 4 is 23.0 Å². The molecule has 0 saturated carbocycles. The highest BCUT2D eigenvalue weighted by Crippen LogP contribution is 2.44. The van der Waals surface area contributed by atoms with Gasteiger partial charge in [0.15, 0.2) is 5.11 Å². The molecule has 1 fully saturated rings. The number of ether oxygens (including phenoxy) is 1. The predicted octanol–water partition coefficient (Wildman–Crippen LogP) is 3.41. The van der Waals surface area contributed by atoms with Gasteiger partial charge in [0, 0.05) is 31.7 Å². The van der Waals surface area contributed by atoms with Crippen LogP contribution < -0.4 is 10.2 Å². The highest BCUT2D eigenvalue weighted by atomic mass is 32.1. The van der Waals surface area contributed by atoms with Crippen LogP contribution in [0.2, 0.25) is 0 Å². The van der Waals surface area contributed by atoms with Crippen LogP contribution in [-0.2, 0) is 11.3 Å². The molecule has 7 heteroatoms. The Morgan fingerprint density at radius 2 is 1.96 bits per heavy atom. The van der Waals surface area contributed by atoms with Crippen molar-refractivity contribution in [3.63, 3.8) is 0 Å². The molecule has 2 aromatic heterocycles. The zero-order valence-corrected chi connectivity index (χ0v) is 16.3. The number of methoxy groups -OCH3 is 1. The van der Waals surface area contributed by atoms with E-state index in [0.29, 0.717) is 17.4 Å². The maximum atomic E-state index is 10.5. The highest BCUT2D eigenvalue weighted by Gasteiger charge is 2.42. The second-order valence-electron chi connectivity index (χ2n) is 6.60. The average Bonchev–Trinajstić information content (AvgIpc) is 3.31. The monoisotopic (exact) mass is 394 g/mol. The first-order valence-corrected chi connectivity index (χ1v) is 9.54. The van der Waals surface area contributed by atoms with E-state index in [1.807, 2.05) is 47.5 Å². The lowest BCUT2D eigenvalue weighted by Gasteiger charge is -2.29. The number of benzene rings is 1. The fraction of sp³-hybridized carbons (Fsp3) is 0.238. The van der Waals surface area contributed by atoms with E-state index in [9.17, 15) is 5.11 Å². The molecular weight excluding hydrogens is 372 g/mol. The molecule has 0 amide bonds.